The minimum Gasteiger partial charge on any atom is -0.360 e. The minimum absolute atomic E-state index is 0.0661. The van der Waals surface area contributed by atoms with Crippen LogP contribution in [0.2, 0.25) is 0 Å². The number of rotatable bonds is 4. The molecule has 1 saturated carbocycles. The van der Waals surface area contributed by atoms with Gasteiger partial charge >= 0.3 is 6.18 Å². The van der Waals surface area contributed by atoms with Gasteiger partial charge < -0.3 is 20.1 Å². The molecule has 1 aliphatic heterocycles. The number of nitrogens with zero attached hydrogens (tertiary/aromatic N) is 2. The summed E-state index contributed by atoms with van der Waals surface area (Å²) < 4.78 is 46.0. The van der Waals surface area contributed by atoms with Crippen LogP contribution in [0.5, 0.6) is 0 Å². The van der Waals surface area contributed by atoms with E-state index < -0.39 is 23.7 Å². The van der Waals surface area contributed by atoms with Gasteiger partial charge in [-0.15, -0.1) is 0 Å². The topological polar surface area (TPSA) is 70.4 Å². The number of hydrogen-bond acceptors (Lipinski definition) is 4. The first kappa shape index (κ1) is 20.4. The zero-order valence-corrected chi connectivity index (χ0v) is 17.0. The van der Waals surface area contributed by atoms with E-state index in [2.05, 4.69) is 15.8 Å². The quantitative estimate of drug-likeness (QED) is 0.697. The van der Waals surface area contributed by atoms with Crippen molar-refractivity contribution in [2.45, 2.75) is 44.9 Å². The second kappa shape index (κ2) is 7.42. The Morgan fingerprint density at radius 2 is 2.00 bits per heavy atom. The predicted octanol–water partition coefficient (Wildman–Crippen LogP) is 4.31. The first-order valence-corrected chi connectivity index (χ1v) is 9.79. The molecule has 1 amide bonds. The van der Waals surface area contributed by atoms with Gasteiger partial charge in [0, 0.05) is 17.8 Å². The number of benzene rings is 1. The second-order valence-electron chi connectivity index (χ2n) is 7.34. The molecule has 1 unspecified atom stereocenters. The Morgan fingerprint density at radius 1 is 1.30 bits per heavy atom. The second-order valence-corrected chi connectivity index (χ2v) is 7.73. The average molecular weight is 436 g/mol. The highest BCUT2D eigenvalue weighted by atomic mass is 32.1. The molecule has 6 nitrogen and oxygen atoms in total. The molecule has 0 spiro atoms. The highest BCUT2D eigenvalue weighted by Gasteiger charge is 2.43. The standard InChI is InChI=1S/C20H19F3N4O2S/c1-10-9-15(26-29-10)24-18(28)16-11(2)27(12-7-8-12)19(30)25-17(16)13-5-3-4-6-14(13)20(21,22)23/h3-6,9,12,17H,7-8H2,1-2H3,(H,25,30)(H,24,26,28). The summed E-state index contributed by atoms with van der Waals surface area (Å²) >= 11 is 5.45. The lowest BCUT2D eigenvalue weighted by Gasteiger charge is -2.38. The molecule has 10 heteroatoms. The van der Waals surface area contributed by atoms with Crippen molar-refractivity contribution in [2.75, 3.05) is 5.32 Å². The summed E-state index contributed by atoms with van der Waals surface area (Å²) in [7, 11) is 0. The molecule has 2 aromatic rings. The number of halogens is 3. The van der Waals surface area contributed by atoms with Gasteiger partial charge in [0.1, 0.15) is 5.76 Å². The highest BCUT2D eigenvalue weighted by Crippen LogP contribution is 2.41. The van der Waals surface area contributed by atoms with Gasteiger partial charge in [0.2, 0.25) is 0 Å². The Labute approximate surface area is 176 Å². The highest BCUT2D eigenvalue weighted by molar-refractivity contribution is 7.80. The van der Waals surface area contributed by atoms with E-state index in [9.17, 15) is 18.0 Å². The zero-order chi connectivity index (χ0) is 21.6. The van der Waals surface area contributed by atoms with E-state index in [0.29, 0.717) is 16.6 Å². The molecule has 2 N–H and O–H groups in total. The van der Waals surface area contributed by atoms with Crippen molar-refractivity contribution in [3.05, 3.63) is 58.5 Å². The molecule has 1 aromatic carbocycles. The van der Waals surface area contributed by atoms with E-state index in [1.165, 1.54) is 24.3 Å². The maximum absolute atomic E-state index is 13.7. The monoisotopic (exact) mass is 436 g/mol. The van der Waals surface area contributed by atoms with Gasteiger partial charge in [-0.05, 0) is 50.5 Å². The number of carbonyl (C=O) groups excluding carboxylic acids is 1. The molecule has 158 valence electrons. The van der Waals surface area contributed by atoms with Crippen molar-refractivity contribution >= 4 is 29.1 Å². The number of anilines is 1. The van der Waals surface area contributed by atoms with Crippen molar-refractivity contribution in [3.63, 3.8) is 0 Å². The fourth-order valence-corrected chi connectivity index (χ4v) is 4.08. The molecule has 0 bridgehead atoms. The number of hydrogen-bond donors (Lipinski definition) is 2. The number of amides is 1. The van der Waals surface area contributed by atoms with Gasteiger partial charge in [-0.3, -0.25) is 4.79 Å². The summed E-state index contributed by atoms with van der Waals surface area (Å²) in [6.45, 7) is 3.38. The number of nitrogens with one attached hydrogen (secondary N) is 2. The van der Waals surface area contributed by atoms with Crippen molar-refractivity contribution in [2.24, 2.45) is 0 Å². The molecule has 1 fully saturated rings. The van der Waals surface area contributed by atoms with E-state index in [0.717, 1.165) is 18.9 Å². The maximum Gasteiger partial charge on any atom is 0.416 e. The molecule has 4 rings (SSSR count). The lowest BCUT2D eigenvalue weighted by Crippen LogP contribution is -2.49. The van der Waals surface area contributed by atoms with Crippen LogP contribution in [0.25, 0.3) is 0 Å². The van der Waals surface area contributed by atoms with Gasteiger partial charge in [-0.2, -0.15) is 13.2 Å². The van der Waals surface area contributed by atoms with Crippen molar-refractivity contribution in [1.29, 1.82) is 0 Å². The lowest BCUT2D eigenvalue weighted by atomic mass is 9.90. The van der Waals surface area contributed by atoms with Gasteiger partial charge in [-0.25, -0.2) is 0 Å². The molecule has 2 aliphatic rings. The van der Waals surface area contributed by atoms with Crippen LogP contribution >= 0.6 is 12.2 Å². The minimum atomic E-state index is -4.58. The van der Waals surface area contributed by atoms with Crippen molar-refractivity contribution < 1.29 is 22.5 Å². The number of allylic oxidation sites excluding steroid dienone is 1. The van der Waals surface area contributed by atoms with Crippen LogP contribution in [0.3, 0.4) is 0 Å². The molecule has 1 aliphatic carbocycles. The summed E-state index contributed by atoms with van der Waals surface area (Å²) in [5.41, 5.74) is -0.196. The van der Waals surface area contributed by atoms with Crippen molar-refractivity contribution in [1.82, 2.24) is 15.4 Å². The predicted molar refractivity (Wildman–Crippen MR) is 107 cm³/mol. The Kier molecular flexibility index (Phi) is 5.05. The van der Waals surface area contributed by atoms with Crippen LogP contribution in [0, 0.1) is 6.92 Å². The van der Waals surface area contributed by atoms with Crippen LogP contribution in [-0.4, -0.2) is 27.1 Å². The SMILES string of the molecule is CC1=C(C(=O)Nc2cc(C)on2)C(c2ccccc2C(F)(F)F)NC(=S)N1C1CC1. The Balaban J connectivity index is 1.80. The van der Waals surface area contributed by atoms with Crippen LogP contribution in [-0.2, 0) is 11.0 Å². The molecular formula is C20H19F3N4O2S. The molecule has 30 heavy (non-hydrogen) atoms. The summed E-state index contributed by atoms with van der Waals surface area (Å²) in [5, 5.41) is 9.64. The molecular weight excluding hydrogens is 417 g/mol. The summed E-state index contributed by atoms with van der Waals surface area (Å²) in [6, 6.07) is 5.80. The maximum atomic E-state index is 13.7. The average Bonchev–Trinajstić information content (AvgIpc) is 3.42. The normalized spacial score (nSPS) is 19.7. The third-order valence-corrected chi connectivity index (χ3v) is 5.44. The largest absolute Gasteiger partial charge is 0.416 e. The van der Waals surface area contributed by atoms with E-state index in [-0.39, 0.29) is 23.0 Å². The first-order valence-electron chi connectivity index (χ1n) is 9.38. The Hall–Kier alpha value is -2.88. The van der Waals surface area contributed by atoms with Gasteiger partial charge in [0.15, 0.2) is 10.9 Å². The van der Waals surface area contributed by atoms with Crippen LogP contribution in [0.15, 0.2) is 46.1 Å². The number of carbonyl (C=O) groups is 1. The van der Waals surface area contributed by atoms with Gasteiger partial charge in [0.05, 0.1) is 17.2 Å². The molecule has 1 aromatic heterocycles. The van der Waals surface area contributed by atoms with Crippen LogP contribution in [0.1, 0.15) is 42.7 Å². The lowest BCUT2D eigenvalue weighted by molar-refractivity contribution is -0.138. The molecule has 2 heterocycles. The van der Waals surface area contributed by atoms with Crippen molar-refractivity contribution in [3.8, 4) is 0 Å². The summed E-state index contributed by atoms with van der Waals surface area (Å²) in [4.78, 5) is 15.0. The van der Waals surface area contributed by atoms with E-state index >= 15 is 0 Å². The number of aryl methyl sites for hydroxylation is 1. The first-order chi connectivity index (χ1) is 14.2. The Morgan fingerprint density at radius 3 is 2.60 bits per heavy atom. The third-order valence-electron chi connectivity index (χ3n) is 5.13. The van der Waals surface area contributed by atoms with Crippen LogP contribution < -0.4 is 10.6 Å². The smallest absolute Gasteiger partial charge is 0.360 e. The van der Waals surface area contributed by atoms with Gasteiger partial charge in [0.25, 0.3) is 5.91 Å². The Bertz CT molecular complexity index is 1040. The number of alkyl halides is 3. The summed E-state index contributed by atoms with van der Waals surface area (Å²) in [6.07, 6.45) is -2.77. The van der Waals surface area contributed by atoms with E-state index in [1.807, 2.05) is 4.90 Å². The fraction of sp³-hybridized carbons (Fsp3) is 0.350. The van der Waals surface area contributed by atoms with E-state index in [1.54, 1.807) is 13.8 Å². The molecule has 1 atom stereocenters. The third kappa shape index (κ3) is 3.79. The zero-order valence-electron chi connectivity index (χ0n) is 16.2. The van der Waals surface area contributed by atoms with E-state index in [4.69, 9.17) is 16.7 Å². The molecule has 0 saturated heterocycles. The fourth-order valence-electron chi connectivity index (χ4n) is 3.67. The molecule has 0 radical (unpaired) electrons. The summed E-state index contributed by atoms with van der Waals surface area (Å²) in [5.74, 6) is 0.118. The van der Waals surface area contributed by atoms with Gasteiger partial charge in [-0.1, -0.05) is 23.4 Å². The number of thiocarbonyl (C=S) groups is 1. The number of aromatic nitrogens is 1. The van der Waals surface area contributed by atoms with Crippen LogP contribution in [0.4, 0.5) is 19.0 Å².